The van der Waals surface area contributed by atoms with Gasteiger partial charge in [-0.05, 0) is 36.8 Å². The molecule has 0 saturated carbocycles. The first kappa shape index (κ1) is 24.5. The van der Waals surface area contributed by atoms with E-state index in [0.29, 0.717) is 31.4 Å². The van der Waals surface area contributed by atoms with Gasteiger partial charge in [0.05, 0.1) is 12.7 Å². The number of phenolic OH excluding ortho intramolecular Hbond substituents is 1. The van der Waals surface area contributed by atoms with E-state index in [9.17, 15) is 19.8 Å². The van der Waals surface area contributed by atoms with Gasteiger partial charge in [0, 0.05) is 19.0 Å². The lowest BCUT2D eigenvalue weighted by atomic mass is 9.94. The van der Waals surface area contributed by atoms with Crippen molar-refractivity contribution in [3.05, 3.63) is 53.8 Å². The van der Waals surface area contributed by atoms with Crippen LogP contribution in [-0.2, 0) is 15.9 Å². The normalized spacial score (nSPS) is 23.2. The Labute approximate surface area is 183 Å². The zero-order valence-corrected chi connectivity index (χ0v) is 18.3. The van der Waals surface area contributed by atoms with Gasteiger partial charge in [-0.2, -0.15) is 0 Å². The van der Waals surface area contributed by atoms with Gasteiger partial charge in [-0.25, -0.2) is 9.59 Å². The number of carbonyl (C=O) groups excluding carboxylic acids is 2. The molecule has 0 fully saturated rings. The third kappa shape index (κ3) is 8.09. The number of allylic oxidation sites excluding steroid dienone is 2. The average molecular weight is 432 g/mol. The number of rotatable bonds is 6. The van der Waals surface area contributed by atoms with Crippen LogP contribution in [0.3, 0.4) is 0 Å². The fourth-order valence-electron chi connectivity index (χ4n) is 3.27. The maximum Gasteiger partial charge on any atom is 0.411 e. The zero-order valence-electron chi connectivity index (χ0n) is 18.3. The van der Waals surface area contributed by atoms with Crippen molar-refractivity contribution in [1.29, 1.82) is 0 Å². The minimum atomic E-state index is -0.661. The fourth-order valence-corrected chi connectivity index (χ4v) is 3.27. The lowest BCUT2D eigenvalue weighted by Crippen LogP contribution is -2.28. The van der Waals surface area contributed by atoms with E-state index in [1.165, 1.54) is 12.3 Å². The molecular formula is C24H33NO6. The van der Waals surface area contributed by atoms with Crippen LogP contribution in [0.15, 0.2) is 42.6 Å². The molecule has 0 aromatic heterocycles. The SMILES string of the molecule is CCCCOC(=O)N/C=C/CC1CC(O)C(C)C/C=C/Cc2cccc(O)c2C(=O)O1. The Morgan fingerprint density at radius 1 is 1.35 bits per heavy atom. The molecule has 0 saturated heterocycles. The summed E-state index contributed by atoms with van der Waals surface area (Å²) in [7, 11) is 0. The molecule has 31 heavy (non-hydrogen) atoms. The highest BCUT2D eigenvalue weighted by molar-refractivity contribution is 5.94. The van der Waals surface area contributed by atoms with Crippen LogP contribution in [0.4, 0.5) is 4.79 Å². The Balaban J connectivity index is 2.09. The summed E-state index contributed by atoms with van der Waals surface area (Å²) in [6, 6.07) is 4.93. The zero-order chi connectivity index (χ0) is 22.6. The van der Waals surface area contributed by atoms with Crippen LogP contribution in [0.1, 0.15) is 61.9 Å². The quantitative estimate of drug-likeness (QED) is 0.354. The first-order chi connectivity index (χ1) is 14.9. The van der Waals surface area contributed by atoms with Crippen molar-refractivity contribution in [2.24, 2.45) is 5.92 Å². The molecule has 0 bridgehead atoms. The molecule has 3 unspecified atom stereocenters. The van der Waals surface area contributed by atoms with Gasteiger partial charge in [0.15, 0.2) is 0 Å². The molecule has 7 nitrogen and oxygen atoms in total. The molecule has 1 aromatic carbocycles. The second kappa shape index (κ2) is 12.8. The molecule has 7 heteroatoms. The van der Waals surface area contributed by atoms with E-state index < -0.39 is 24.3 Å². The largest absolute Gasteiger partial charge is 0.507 e. The molecule has 1 aromatic rings. The number of phenols is 1. The maximum atomic E-state index is 12.8. The summed E-state index contributed by atoms with van der Waals surface area (Å²) >= 11 is 0. The number of nitrogens with one attached hydrogen (secondary N) is 1. The molecule has 1 heterocycles. The van der Waals surface area contributed by atoms with Crippen LogP contribution in [0.5, 0.6) is 5.75 Å². The summed E-state index contributed by atoms with van der Waals surface area (Å²) in [5.74, 6) is -0.768. The van der Waals surface area contributed by atoms with Gasteiger partial charge < -0.3 is 19.7 Å². The predicted molar refractivity (Wildman–Crippen MR) is 118 cm³/mol. The van der Waals surface area contributed by atoms with Gasteiger partial charge in [0.2, 0.25) is 0 Å². The summed E-state index contributed by atoms with van der Waals surface area (Å²) in [6.45, 7) is 4.32. The van der Waals surface area contributed by atoms with Crippen molar-refractivity contribution in [2.45, 2.75) is 64.6 Å². The number of ether oxygens (including phenoxy) is 2. The van der Waals surface area contributed by atoms with Gasteiger partial charge in [0.25, 0.3) is 0 Å². The van der Waals surface area contributed by atoms with Crippen molar-refractivity contribution in [2.75, 3.05) is 6.61 Å². The van der Waals surface area contributed by atoms with Gasteiger partial charge in [-0.3, -0.25) is 5.32 Å². The van der Waals surface area contributed by atoms with E-state index in [1.807, 2.05) is 26.0 Å². The third-order valence-corrected chi connectivity index (χ3v) is 5.23. The van der Waals surface area contributed by atoms with Crippen LogP contribution in [-0.4, -0.2) is 41.1 Å². The highest BCUT2D eigenvalue weighted by Gasteiger charge is 2.25. The van der Waals surface area contributed by atoms with Gasteiger partial charge in [-0.15, -0.1) is 0 Å². The molecule has 0 spiro atoms. The minimum Gasteiger partial charge on any atom is -0.507 e. The lowest BCUT2D eigenvalue weighted by molar-refractivity contribution is 0.00678. The molecule has 1 amide bonds. The average Bonchev–Trinajstić information content (AvgIpc) is 2.73. The number of hydrogen-bond donors (Lipinski definition) is 3. The van der Waals surface area contributed by atoms with Crippen LogP contribution in [0, 0.1) is 5.92 Å². The number of aliphatic hydroxyl groups is 1. The molecule has 170 valence electrons. The van der Waals surface area contributed by atoms with E-state index in [4.69, 9.17) is 9.47 Å². The van der Waals surface area contributed by atoms with E-state index in [2.05, 4.69) is 5.32 Å². The van der Waals surface area contributed by atoms with Crippen molar-refractivity contribution in [3.63, 3.8) is 0 Å². The Morgan fingerprint density at radius 3 is 2.94 bits per heavy atom. The number of aromatic hydroxyl groups is 1. The number of alkyl carbamates (subject to hydrolysis) is 1. The standard InChI is InChI=1S/C24H33NO6/c1-3-4-15-30-24(29)25-14-8-12-19-16-21(27)17(2)9-5-6-10-18-11-7-13-20(26)22(18)23(28)31-19/h5-8,11,13-14,17,19,21,26-27H,3-4,9-10,12,15-16H2,1-2H3,(H,25,29)/b6-5+,14-8+. The number of amides is 1. The summed E-state index contributed by atoms with van der Waals surface area (Å²) in [5, 5.41) is 23.3. The molecule has 3 atom stereocenters. The van der Waals surface area contributed by atoms with E-state index in [1.54, 1.807) is 18.2 Å². The number of benzene rings is 1. The highest BCUT2D eigenvalue weighted by Crippen LogP contribution is 2.26. The fraction of sp³-hybridized carbons (Fsp3) is 0.500. The Kier molecular flexibility index (Phi) is 10.1. The van der Waals surface area contributed by atoms with Crippen molar-refractivity contribution in [3.8, 4) is 5.75 Å². The maximum absolute atomic E-state index is 12.8. The van der Waals surface area contributed by atoms with E-state index >= 15 is 0 Å². The van der Waals surface area contributed by atoms with Crippen LogP contribution >= 0.6 is 0 Å². The smallest absolute Gasteiger partial charge is 0.411 e. The summed E-state index contributed by atoms with van der Waals surface area (Å²) in [5.41, 5.74) is 0.822. The van der Waals surface area contributed by atoms with Crippen LogP contribution < -0.4 is 5.32 Å². The number of esters is 1. The van der Waals surface area contributed by atoms with Gasteiger partial charge in [0.1, 0.15) is 17.4 Å². The van der Waals surface area contributed by atoms with Gasteiger partial charge >= 0.3 is 12.1 Å². The second-order valence-electron chi connectivity index (χ2n) is 7.80. The summed E-state index contributed by atoms with van der Waals surface area (Å²) < 4.78 is 10.7. The van der Waals surface area contributed by atoms with Gasteiger partial charge in [-0.1, -0.05) is 50.6 Å². The monoisotopic (exact) mass is 431 g/mol. The molecule has 0 radical (unpaired) electrons. The lowest BCUT2D eigenvalue weighted by Gasteiger charge is -2.24. The molecular weight excluding hydrogens is 398 g/mol. The molecule has 1 aliphatic heterocycles. The summed E-state index contributed by atoms with van der Waals surface area (Å²) in [4.78, 5) is 24.4. The first-order valence-electron chi connectivity index (χ1n) is 10.9. The third-order valence-electron chi connectivity index (χ3n) is 5.23. The van der Waals surface area contributed by atoms with Crippen molar-refractivity contribution >= 4 is 12.1 Å². The Bertz CT molecular complexity index is 788. The molecule has 0 aliphatic carbocycles. The molecule has 2 rings (SSSR count). The minimum absolute atomic E-state index is 0.00354. The number of cyclic esters (lactones) is 1. The topological polar surface area (TPSA) is 105 Å². The summed E-state index contributed by atoms with van der Waals surface area (Å²) in [6.07, 6.45) is 8.65. The van der Waals surface area contributed by atoms with Crippen molar-refractivity contribution in [1.82, 2.24) is 5.32 Å². The number of fused-ring (bicyclic) bond motifs is 1. The second-order valence-corrected chi connectivity index (χ2v) is 7.80. The van der Waals surface area contributed by atoms with E-state index in [-0.39, 0.29) is 23.7 Å². The van der Waals surface area contributed by atoms with Crippen LogP contribution in [0.25, 0.3) is 0 Å². The number of hydrogen-bond acceptors (Lipinski definition) is 6. The predicted octanol–water partition coefficient (Wildman–Crippen LogP) is 4.24. The Hall–Kier alpha value is -2.80. The molecule has 3 N–H and O–H groups in total. The van der Waals surface area contributed by atoms with Crippen LogP contribution in [0.2, 0.25) is 0 Å². The highest BCUT2D eigenvalue weighted by atomic mass is 16.5. The molecule has 1 aliphatic rings. The Morgan fingerprint density at radius 2 is 2.16 bits per heavy atom. The number of aliphatic hydroxyl groups excluding tert-OH is 1. The van der Waals surface area contributed by atoms with E-state index in [0.717, 1.165) is 12.8 Å². The number of carbonyl (C=O) groups is 2. The first-order valence-corrected chi connectivity index (χ1v) is 10.9. The number of unbranched alkanes of at least 4 members (excludes halogenated alkanes) is 1. The van der Waals surface area contributed by atoms with Crippen molar-refractivity contribution < 1.29 is 29.3 Å².